The van der Waals surface area contributed by atoms with E-state index in [-0.39, 0.29) is 17.2 Å². The van der Waals surface area contributed by atoms with Gasteiger partial charge in [0, 0.05) is 6.42 Å². The molecule has 1 fully saturated rings. The molecule has 1 heterocycles. The monoisotopic (exact) mass is 298 g/mol. The van der Waals surface area contributed by atoms with Crippen LogP contribution >= 0.6 is 0 Å². The number of imide groups is 1. The number of carbonyl (C=O) groups is 2. The first kappa shape index (κ1) is 13.9. The number of nitrogens with one attached hydrogen (secondary N) is 1. The van der Waals surface area contributed by atoms with Crippen molar-refractivity contribution in [2.45, 2.75) is 12.5 Å². The maximum absolute atomic E-state index is 12.4. The Hall–Kier alpha value is -3.02. The van der Waals surface area contributed by atoms with Gasteiger partial charge < -0.3 is 15.5 Å². The Kier molecular flexibility index (Phi) is 3.42. The lowest BCUT2D eigenvalue weighted by Crippen LogP contribution is -2.32. The van der Waals surface area contributed by atoms with E-state index in [4.69, 9.17) is 0 Å². The molecule has 0 radical (unpaired) electrons. The highest BCUT2D eigenvalue weighted by atomic mass is 16.3. The number of amides is 3. The number of rotatable bonds is 3. The molecule has 6 nitrogen and oxygen atoms in total. The molecule has 112 valence electrons. The van der Waals surface area contributed by atoms with Crippen molar-refractivity contribution in [3.8, 4) is 11.5 Å². The van der Waals surface area contributed by atoms with Gasteiger partial charge in [0.2, 0.25) is 0 Å². The highest BCUT2D eigenvalue weighted by Gasteiger charge is 2.39. The zero-order valence-corrected chi connectivity index (χ0v) is 11.6. The van der Waals surface area contributed by atoms with Crippen molar-refractivity contribution in [3.05, 3.63) is 54.1 Å². The number of hydrogen-bond acceptors (Lipinski definition) is 4. The Morgan fingerprint density at radius 1 is 1.00 bits per heavy atom. The van der Waals surface area contributed by atoms with Gasteiger partial charge in [-0.2, -0.15) is 0 Å². The van der Waals surface area contributed by atoms with Gasteiger partial charge in [-0.15, -0.1) is 0 Å². The summed E-state index contributed by atoms with van der Waals surface area (Å²) in [6.45, 7) is 0. The zero-order chi connectivity index (χ0) is 15.7. The molecule has 0 bridgehead atoms. The number of urea groups is 1. The Morgan fingerprint density at radius 2 is 1.68 bits per heavy atom. The molecular formula is C16H14N2O4. The van der Waals surface area contributed by atoms with Gasteiger partial charge in [0.25, 0.3) is 5.91 Å². The van der Waals surface area contributed by atoms with Crippen LogP contribution in [0.3, 0.4) is 0 Å². The summed E-state index contributed by atoms with van der Waals surface area (Å²) in [7, 11) is 0. The fourth-order valence-electron chi connectivity index (χ4n) is 2.42. The molecule has 2 aromatic rings. The molecule has 2 aromatic carbocycles. The third kappa shape index (κ3) is 2.46. The maximum atomic E-state index is 12.4. The topological polar surface area (TPSA) is 89.9 Å². The fourth-order valence-corrected chi connectivity index (χ4v) is 2.42. The van der Waals surface area contributed by atoms with Crippen molar-refractivity contribution in [1.82, 2.24) is 5.32 Å². The van der Waals surface area contributed by atoms with E-state index in [1.54, 1.807) is 24.3 Å². The van der Waals surface area contributed by atoms with Crippen LogP contribution < -0.4 is 10.2 Å². The minimum Gasteiger partial charge on any atom is -0.508 e. The van der Waals surface area contributed by atoms with Crippen LogP contribution in [-0.2, 0) is 11.2 Å². The molecule has 3 N–H and O–H groups in total. The van der Waals surface area contributed by atoms with Crippen molar-refractivity contribution >= 4 is 17.6 Å². The number of phenols is 2. The number of phenolic OH excluding ortho intramolecular Hbond substituents is 2. The lowest BCUT2D eigenvalue weighted by molar-refractivity contribution is -0.118. The average Bonchev–Trinajstić information content (AvgIpc) is 2.77. The molecule has 1 saturated heterocycles. The van der Waals surface area contributed by atoms with Gasteiger partial charge in [-0.05, 0) is 29.8 Å². The molecule has 22 heavy (non-hydrogen) atoms. The summed E-state index contributed by atoms with van der Waals surface area (Å²) in [5.41, 5.74) is 0.980. The highest BCUT2D eigenvalue weighted by molar-refractivity contribution is 6.22. The molecule has 0 saturated carbocycles. The van der Waals surface area contributed by atoms with Gasteiger partial charge in [-0.25, -0.2) is 9.69 Å². The SMILES string of the molecule is O=C1NC(Cc2ccc(O)cc2)C(=O)N1c1ccccc1O. The third-order valence-electron chi connectivity index (χ3n) is 3.52. The summed E-state index contributed by atoms with van der Waals surface area (Å²) >= 11 is 0. The van der Waals surface area contributed by atoms with Gasteiger partial charge in [0.1, 0.15) is 17.5 Å². The molecule has 3 rings (SSSR count). The quantitative estimate of drug-likeness (QED) is 0.753. The zero-order valence-electron chi connectivity index (χ0n) is 11.6. The van der Waals surface area contributed by atoms with Gasteiger partial charge in [0.15, 0.2) is 0 Å². The smallest absolute Gasteiger partial charge is 0.329 e. The van der Waals surface area contributed by atoms with Crippen LogP contribution in [0.2, 0.25) is 0 Å². The lowest BCUT2D eigenvalue weighted by Gasteiger charge is -2.14. The van der Waals surface area contributed by atoms with E-state index in [9.17, 15) is 19.8 Å². The highest BCUT2D eigenvalue weighted by Crippen LogP contribution is 2.29. The fraction of sp³-hybridized carbons (Fsp3) is 0.125. The summed E-state index contributed by atoms with van der Waals surface area (Å²) in [6.07, 6.45) is 0.314. The second-order valence-corrected chi connectivity index (χ2v) is 5.04. The summed E-state index contributed by atoms with van der Waals surface area (Å²) in [5.74, 6) is -0.405. The summed E-state index contributed by atoms with van der Waals surface area (Å²) in [4.78, 5) is 25.4. The molecule has 1 aliphatic heterocycles. The first-order valence-corrected chi connectivity index (χ1v) is 6.76. The summed E-state index contributed by atoms with van der Waals surface area (Å²) in [6, 6.07) is 11.4. The van der Waals surface area contributed by atoms with Crippen molar-refractivity contribution < 1.29 is 19.8 Å². The molecule has 1 unspecified atom stereocenters. The Bertz CT molecular complexity index is 727. The van der Waals surface area contributed by atoms with Crippen LogP contribution in [0.4, 0.5) is 10.5 Å². The second-order valence-electron chi connectivity index (χ2n) is 5.04. The molecule has 0 aliphatic carbocycles. The predicted octanol–water partition coefficient (Wildman–Crippen LogP) is 1.77. The van der Waals surface area contributed by atoms with Crippen LogP contribution in [0.1, 0.15) is 5.56 Å². The van der Waals surface area contributed by atoms with E-state index in [0.717, 1.165) is 10.5 Å². The molecule has 0 aromatic heterocycles. The maximum Gasteiger partial charge on any atom is 0.329 e. The van der Waals surface area contributed by atoms with E-state index in [2.05, 4.69) is 5.32 Å². The van der Waals surface area contributed by atoms with Gasteiger partial charge in [-0.1, -0.05) is 24.3 Å². The molecule has 3 amide bonds. The van der Waals surface area contributed by atoms with Gasteiger partial charge in [0.05, 0.1) is 5.69 Å². The molecule has 1 aliphatic rings. The van der Waals surface area contributed by atoms with E-state index < -0.39 is 18.0 Å². The molecular weight excluding hydrogens is 284 g/mol. The number of carbonyl (C=O) groups excluding carboxylic acids is 2. The Morgan fingerprint density at radius 3 is 2.36 bits per heavy atom. The standard InChI is InChI=1S/C16H14N2O4/c19-11-7-5-10(6-8-11)9-12-15(21)18(16(22)17-12)13-3-1-2-4-14(13)20/h1-8,12,19-20H,9H2,(H,17,22). The predicted molar refractivity (Wildman–Crippen MR) is 79.7 cm³/mol. The number of nitrogens with zero attached hydrogens (tertiary/aromatic N) is 1. The normalized spacial score (nSPS) is 17.6. The number of benzene rings is 2. The first-order valence-electron chi connectivity index (χ1n) is 6.76. The summed E-state index contributed by atoms with van der Waals surface area (Å²) < 4.78 is 0. The number of para-hydroxylation sites is 2. The van der Waals surface area contributed by atoms with E-state index in [0.29, 0.717) is 6.42 Å². The van der Waals surface area contributed by atoms with Crippen LogP contribution in [0.15, 0.2) is 48.5 Å². The van der Waals surface area contributed by atoms with Crippen molar-refractivity contribution in [3.63, 3.8) is 0 Å². The minimum atomic E-state index is -0.698. The third-order valence-corrected chi connectivity index (χ3v) is 3.52. The number of anilines is 1. The molecule has 6 heteroatoms. The van der Waals surface area contributed by atoms with Crippen LogP contribution in [-0.4, -0.2) is 28.2 Å². The van der Waals surface area contributed by atoms with Gasteiger partial charge in [-0.3, -0.25) is 4.79 Å². The first-order chi connectivity index (χ1) is 10.6. The van der Waals surface area contributed by atoms with E-state index in [1.165, 1.54) is 24.3 Å². The van der Waals surface area contributed by atoms with Crippen molar-refractivity contribution in [2.75, 3.05) is 4.90 Å². The minimum absolute atomic E-state index is 0.128. The largest absolute Gasteiger partial charge is 0.508 e. The second kappa shape index (κ2) is 5.40. The Balaban J connectivity index is 1.82. The van der Waals surface area contributed by atoms with Crippen LogP contribution in [0, 0.1) is 0 Å². The number of hydrogen-bond donors (Lipinski definition) is 3. The Labute approximate surface area is 126 Å². The van der Waals surface area contributed by atoms with E-state index >= 15 is 0 Å². The molecule has 1 atom stereocenters. The number of aromatic hydroxyl groups is 2. The lowest BCUT2D eigenvalue weighted by atomic mass is 10.1. The van der Waals surface area contributed by atoms with Crippen LogP contribution in [0.5, 0.6) is 11.5 Å². The van der Waals surface area contributed by atoms with Crippen LogP contribution in [0.25, 0.3) is 0 Å². The van der Waals surface area contributed by atoms with Crippen molar-refractivity contribution in [2.24, 2.45) is 0 Å². The van der Waals surface area contributed by atoms with E-state index in [1.807, 2.05) is 0 Å². The average molecular weight is 298 g/mol. The van der Waals surface area contributed by atoms with Gasteiger partial charge >= 0.3 is 6.03 Å². The van der Waals surface area contributed by atoms with Crippen molar-refractivity contribution in [1.29, 1.82) is 0 Å². The summed E-state index contributed by atoms with van der Waals surface area (Å²) in [5, 5.41) is 21.7. The molecule has 0 spiro atoms.